The number of likely N-dealkylation sites (tertiary alicyclic amines) is 1. The number of aliphatic imine (C=N–C) groups is 1. The van der Waals surface area contributed by atoms with Gasteiger partial charge in [0.25, 0.3) is 0 Å². The van der Waals surface area contributed by atoms with Crippen LogP contribution < -0.4 is 16.4 Å². The molecule has 0 radical (unpaired) electrons. The Morgan fingerprint density at radius 2 is 2.00 bits per heavy atom. The third-order valence-electron chi connectivity index (χ3n) is 4.24. The molecule has 152 valence electrons. The molecule has 0 saturated carbocycles. The molecule has 1 heterocycles. The van der Waals surface area contributed by atoms with Gasteiger partial charge in [0.05, 0.1) is 6.54 Å². The van der Waals surface area contributed by atoms with E-state index in [1.807, 2.05) is 11.8 Å². The largest absolute Gasteiger partial charge is 0.369 e. The van der Waals surface area contributed by atoms with Crippen molar-refractivity contribution in [2.45, 2.75) is 36.0 Å². The number of piperidine rings is 1. The summed E-state index contributed by atoms with van der Waals surface area (Å²) < 4.78 is 1.10. The van der Waals surface area contributed by atoms with Crippen molar-refractivity contribution >= 4 is 63.5 Å². The van der Waals surface area contributed by atoms with Crippen LogP contribution in [0.1, 0.15) is 19.8 Å². The number of amides is 1. The lowest BCUT2D eigenvalue weighted by Crippen LogP contribution is -2.50. The van der Waals surface area contributed by atoms with Gasteiger partial charge >= 0.3 is 0 Å². The van der Waals surface area contributed by atoms with E-state index in [9.17, 15) is 4.79 Å². The lowest BCUT2D eigenvalue weighted by molar-refractivity contribution is -0.119. The van der Waals surface area contributed by atoms with E-state index in [0.717, 1.165) is 42.9 Å². The molecule has 6 nitrogen and oxygen atoms in total. The Morgan fingerprint density at radius 3 is 2.56 bits per heavy atom. The number of nitrogens with one attached hydrogen (secondary N) is 2. The number of hydrogen-bond acceptors (Lipinski definition) is 4. The van der Waals surface area contributed by atoms with Crippen molar-refractivity contribution in [1.82, 2.24) is 15.5 Å². The maximum atomic E-state index is 11.0. The molecule has 4 N–H and O–H groups in total. The van der Waals surface area contributed by atoms with E-state index in [0.29, 0.717) is 17.8 Å². The number of carbonyl (C=O) groups excluding carboxylic acids is 1. The number of nitrogens with zero attached hydrogens (tertiary/aromatic N) is 2. The fourth-order valence-electron chi connectivity index (χ4n) is 2.87. The van der Waals surface area contributed by atoms with E-state index < -0.39 is 0 Å². The Morgan fingerprint density at radius 1 is 1.37 bits per heavy atom. The highest BCUT2D eigenvalue weighted by molar-refractivity contribution is 14.0. The molecule has 1 unspecified atom stereocenters. The lowest BCUT2D eigenvalue weighted by Gasteiger charge is -2.32. The summed E-state index contributed by atoms with van der Waals surface area (Å²) >= 11 is 5.30. The molecule has 27 heavy (non-hydrogen) atoms. The van der Waals surface area contributed by atoms with Crippen molar-refractivity contribution in [1.29, 1.82) is 0 Å². The van der Waals surface area contributed by atoms with Crippen LogP contribution in [-0.2, 0) is 4.79 Å². The first-order valence-electron chi connectivity index (χ1n) is 8.86. The molecule has 2 rings (SSSR count). The number of rotatable bonds is 7. The molecular formula is C18H29BrIN5OS. The average molecular weight is 570 g/mol. The SMILES string of the molecule is CN=C(NCC(C)Sc1ccc(Br)cc1)NC1CCN(CC(N)=O)CC1.I. The summed E-state index contributed by atoms with van der Waals surface area (Å²) in [6.07, 6.45) is 1.97. The maximum absolute atomic E-state index is 11.0. The summed E-state index contributed by atoms with van der Waals surface area (Å²) in [6.45, 7) is 5.15. The standard InChI is InChI=1S/C18H28BrN5OS.HI/c1-13(26-16-5-3-14(19)4-6-16)11-22-18(21-2)23-15-7-9-24(10-8-15)12-17(20)25;/h3-6,13,15H,7-12H2,1-2H3,(H2,20,25)(H2,21,22,23);1H. The van der Waals surface area contributed by atoms with Crippen molar-refractivity contribution in [3.05, 3.63) is 28.7 Å². The van der Waals surface area contributed by atoms with E-state index in [1.165, 1.54) is 4.90 Å². The van der Waals surface area contributed by atoms with Gasteiger partial charge in [-0.05, 0) is 37.1 Å². The minimum atomic E-state index is -0.258. The fourth-order valence-corrected chi connectivity index (χ4v) is 4.06. The maximum Gasteiger partial charge on any atom is 0.231 e. The second-order valence-electron chi connectivity index (χ2n) is 6.50. The van der Waals surface area contributed by atoms with Crippen LogP contribution >= 0.6 is 51.7 Å². The molecule has 0 bridgehead atoms. The van der Waals surface area contributed by atoms with Gasteiger partial charge in [-0.2, -0.15) is 0 Å². The van der Waals surface area contributed by atoms with Crippen LogP contribution in [0.25, 0.3) is 0 Å². The lowest BCUT2D eigenvalue weighted by atomic mass is 10.1. The zero-order chi connectivity index (χ0) is 18.9. The Labute approximate surface area is 191 Å². The molecule has 1 aliphatic rings. The van der Waals surface area contributed by atoms with Gasteiger partial charge in [-0.3, -0.25) is 14.7 Å². The van der Waals surface area contributed by atoms with Crippen molar-refractivity contribution in [2.75, 3.05) is 33.2 Å². The van der Waals surface area contributed by atoms with E-state index in [-0.39, 0.29) is 29.9 Å². The zero-order valence-electron chi connectivity index (χ0n) is 15.8. The quantitative estimate of drug-likeness (QED) is 0.203. The van der Waals surface area contributed by atoms with E-state index in [4.69, 9.17) is 5.73 Å². The summed E-state index contributed by atoms with van der Waals surface area (Å²) in [4.78, 5) is 18.7. The van der Waals surface area contributed by atoms with Gasteiger partial charge in [0.2, 0.25) is 5.91 Å². The molecule has 1 aromatic carbocycles. The van der Waals surface area contributed by atoms with E-state index in [2.05, 4.69) is 67.6 Å². The normalized spacial score (nSPS) is 17.1. The molecule has 1 aliphatic heterocycles. The minimum absolute atomic E-state index is 0. The van der Waals surface area contributed by atoms with Crippen molar-refractivity contribution in [3.8, 4) is 0 Å². The first kappa shape index (κ1) is 24.5. The molecule has 0 aromatic heterocycles. The number of halogens is 2. The summed E-state index contributed by atoms with van der Waals surface area (Å²) in [5.41, 5.74) is 5.26. The smallest absolute Gasteiger partial charge is 0.231 e. The second-order valence-corrected chi connectivity index (χ2v) is 8.92. The first-order valence-corrected chi connectivity index (χ1v) is 10.5. The van der Waals surface area contributed by atoms with Gasteiger partial charge in [0.1, 0.15) is 0 Å². The monoisotopic (exact) mass is 569 g/mol. The Bertz CT molecular complexity index is 608. The summed E-state index contributed by atoms with van der Waals surface area (Å²) in [7, 11) is 1.80. The molecule has 1 saturated heterocycles. The van der Waals surface area contributed by atoms with Gasteiger partial charge in [-0.1, -0.05) is 22.9 Å². The average Bonchev–Trinajstić information content (AvgIpc) is 2.61. The van der Waals surface area contributed by atoms with Gasteiger partial charge < -0.3 is 16.4 Å². The minimum Gasteiger partial charge on any atom is -0.369 e. The van der Waals surface area contributed by atoms with Gasteiger partial charge in [0, 0.05) is 47.3 Å². The molecule has 1 amide bonds. The highest BCUT2D eigenvalue weighted by atomic mass is 127. The molecule has 9 heteroatoms. The number of carbonyl (C=O) groups is 1. The van der Waals surface area contributed by atoms with Crippen molar-refractivity contribution < 1.29 is 4.79 Å². The predicted molar refractivity (Wildman–Crippen MR) is 128 cm³/mol. The highest BCUT2D eigenvalue weighted by Gasteiger charge is 2.20. The number of primary amides is 1. The third kappa shape index (κ3) is 9.49. The molecule has 0 spiro atoms. The van der Waals surface area contributed by atoms with Gasteiger partial charge in [-0.25, -0.2) is 0 Å². The van der Waals surface area contributed by atoms with Crippen molar-refractivity contribution in [2.24, 2.45) is 10.7 Å². The Hall–Kier alpha value is -0.520. The second kappa shape index (κ2) is 12.8. The summed E-state index contributed by atoms with van der Waals surface area (Å²) in [5, 5.41) is 7.32. The number of hydrogen-bond donors (Lipinski definition) is 3. The van der Waals surface area contributed by atoms with Gasteiger partial charge in [-0.15, -0.1) is 35.7 Å². The van der Waals surface area contributed by atoms with Gasteiger partial charge in [0.15, 0.2) is 5.96 Å². The highest BCUT2D eigenvalue weighted by Crippen LogP contribution is 2.24. The summed E-state index contributed by atoms with van der Waals surface area (Å²) in [5.74, 6) is 0.577. The zero-order valence-corrected chi connectivity index (χ0v) is 20.5. The number of thioether (sulfide) groups is 1. The van der Waals surface area contributed by atoms with E-state index >= 15 is 0 Å². The van der Waals surface area contributed by atoms with E-state index in [1.54, 1.807) is 7.05 Å². The molecule has 1 aromatic rings. The first-order chi connectivity index (χ1) is 12.5. The molecule has 1 atom stereocenters. The third-order valence-corrected chi connectivity index (χ3v) is 5.88. The van der Waals surface area contributed by atoms with Crippen LogP contribution in [-0.4, -0.2) is 61.3 Å². The topological polar surface area (TPSA) is 82.8 Å². The molecular weight excluding hydrogens is 541 g/mol. The Balaban J connectivity index is 0.00000364. The van der Waals surface area contributed by atoms with Crippen molar-refractivity contribution in [3.63, 3.8) is 0 Å². The van der Waals surface area contributed by atoms with Crippen LogP contribution in [0.5, 0.6) is 0 Å². The number of guanidine groups is 1. The summed E-state index contributed by atoms with van der Waals surface area (Å²) in [6, 6.07) is 8.75. The number of benzene rings is 1. The molecule has 1 fully saturated rings. The number of nitrogens with two attached hydrogens (primary N) is 1. The van der Waals surface area contributed by atoms with Crippen LogP contribution in [0.3, 0.4) is 0 Å². The van der Waals surface area contributed by atoms with Crippen LogP contribution in [0.4, 0.5) is 0 Å². The van der Waals surface area contributed by atoms with Crippen LogP contribution in [0.2, 0.25) is 0 Å². The fraction of sp³-hybridized carbons (Fsp3) is 0.556. The van der Waals surface area contributed by atoms with Crippen LogP contribution in [0.15, 0.2) is 38.6 Å². The Kier molecular flexibility index (Phi) is 11.7. The van der Waals surface area contributed by atoms with Crippen LogP contribution in [0, 0.1) is 0 Å². The predicted octanol–water partition coefficient (Wildman–Crippen LogP) is 2.66. The molecule has 0 aliphatic carbocycles.